The topological polar surface area (TPSA) is 230 Å². The molecule has 49 heavy (non-hydrogen) atoms. The molecule has 0 amide bonds. The third kappa shape index (κ3) is 12.7. The Hall–Kier alpha value is -3.01. The molecule has 0 bridgehead atoms. The first-order valence-electron chi connectivity index (χ1n) is 11.8. The Kier molecular flexibility index (Phi) is 19.4. The molecule has 4 aromatic rings. The van der Waals surface area contributed by atoms with Crippen molar-refractivity contribution in [3.05, 3.63) is 111 Å². The molecular formula is C28H16Cl8O12Ti. The Labute approximate surface area is 330 Å². The molecule has 21 heteroatoms. The maximum atomic E-state index is 10.4. The first kappa shape index (κ1) is 46.0. The van der Waals surface area contributed by atoms with Crippen LogP contribution in [0.15, 0.2) is 48.5 Å². The zero-order valence-electron chi connectivity index (χ0n) is 23.4. The average Bonchev–Trinajstić information content (AvgIpc) is 3.00. The van der Waals surface area contributed by atoms with Gasteiger partial charge in [0.15, 0.2) is 0 Å². The number of aromatic carboxylic acids is 4. The molecular weight excluding hydrogens is 860 g/mol. The molecule has 260 valence electrons. The molecule has 0 aliphatic carbocycles. The molecule has 0 saturated heterocycles. The summed E-state index contributed by atoms with van der Waals surface area (Å²) in [7, 11) is 0. The summed E-state index contributed by atoms with van der Waals surface area (Å²) in [5.41, 5.74) is -1.04. The summed E-state index contributed by atoms with van der Waals surface area (Å²) < 4.78 is 0. The number of carbonyl (C=O) groups is 4. The van der Waals surface area contributed by atoms with Gasteiger partial charge in [-0.1, -0.05) is 92.8 Å². The molecule has 0 heterocycles. The summed E-state index contributed by atoms with van der Waals surface area (Å²) >= 11 is 43.9. The molecule has 0 radical (unpaired) electrons. The van der Waals surface area contributed by atoms with Crippen molar-refractivity contribution < 1.29 is 81.7 Å². The van der Waals surface area contributed by atoms with E-state index in [0.29, 0.717) is 0 Å². The largest absolute Gasteiger partial charge is 0.505 e. The maximum absolute atomic E-state index is 10.4. The van der Waals surface area contributed by atoms with E-state index in [1.54, 1.807) is 0 Å². The zero-order chi connectivity index (χ0) is 37.2. The standard InChI is InChI=1S/4C7H4Cl2O3.Ti/c4*8-4-2-1-3(7(11)12)6(10)5(4)9;/h4*1-2,10H,(H,11,12);. The molecule has 0 aliphatic rings. The summed E-state index contributed by atoms with van der Waals surface area (Å²) in [6.07, 6.45) is 0. The first-order valence-corrected chi connectivity index (χ1v) is 14.8. The van der Waals surface area contributed by atoms with Crippen LogP contribution in [0.3, 0.4) is 0 Å². The second-order valence-corrected chi connectivity index (χ2v) is 11.4. The van der Waals surface area contributed by atoms with Crippen LogP contribution in [0.4, 0.5) is 0 Å². The SMILES string of the molecule is O=C(O)c1ccc(Cl)c(Cl)c1O.O=C(O)c1ccc(Cl)c(Cl)c1O.O=C(O)c1ccc(Cl)c(Cl)c1O.O=C(O)c1ccc(Cl)c(Cl)c1O.[Ti]. The van der Waals surface area contributed by atoms with Crippen molar-refractivity contribution in [3.63, 3.8) is 0 Å². The van der Waals surface area contributed by atoms with Crippen molar-refractivity contribution in [1.29, 1.82) is 0 Å². The van der Waals surface area contributed by atoms with Crippen molar-refractivity contribution in [2.24, 2.45) is 0 Å². The van der Waals surface area contributed by atoms with E-state index >= 15 is 0 Å². The van der Waals surface area contributed by atoms with E-state index in [2.05, 4.69) is 0 Å². The van der Waals surface area contributed by atoms with Crippen molar-refractivity contribution in [2.75, 3.05) is 0 Å². The fraction of sp³-hybridized carbons (Fsp3) is 0. The Morgan fingerprint density at radius 2 is 0.490 bits per heavy atom. The van der Waals surface area contributed by atoms with Gasteiger partial charge in [-0.2, -0.15) is 0 Å². The number of hydrogen-bond acceptors (Lipinski definition) is 8. The van der Waals surface area contributed by atoms with Gasteiger partial charge in [0, 0.05) is 21.7 Å². The van der Waals surface area contributed by atoms with E-state index in [0.717, 1.165) is 0 Å². The van der Waals surface area contributed by atoms with Crippen LogP contribution in [-0.4, -0.2) is 64.7 Å². The van der Waals surface area contributed by atoms with Crippen LogP contribution in [0.1, 0.15) is 41.4 Å². The number of carboxylic acid groups (broad SMARTS) is 4. The minimum atomic E-state index is -1.24. The Balaban J connectivity index is 0.000000623. The van der Waals surface area contributed by atoms with Gasteiger partial charge in [-0.15, -0.1) is 0 Å². The van der Waals surface area contributed by atoms with Gasteiger partial charge in [0.05, 0.1) is 20.1 Å². The van der Waals surface area contributed by atoms with Gasteiger partial charge >= 0.3 is 23.9 Å². The summed E-state index contributed by atoms with van der Waals surface area (Å²) in [6, 6.07) is 10.00. The van der Waals surface area contributed by atoms with Crippen LogP contribution in [-0.2, 0) is 21.7 Å². The number of benzene rings is 4. The Morgan fingerprint density at radius 1 is 0.347 bits per heavy atom. The number of phenols is 4. The van der Waals surface area contributed by atoms with E-state index in [-0.39, 0.29) is 84.2 Å². The van der Waals surface area contributed by atoms with E-state index in [9.17, 15) is 19.2 Å². The molecule has 8 N–H and O–H groups in total. The summed E-state index contributed by atoms with van der Waals surface area (Å²) in [6.45, 7) is 0. The van der Waals surface area contributed by atoms with Gasteiger partial charge in [-0.3, -0.25) is 0 Å². The fourth-order valence-corrected chi connectivity index (χ4v) is 4.12. The zero-order valence-corrected chi connectivity index (χ0v) is 31.0. The van der Waals surface area contributed by atoms with Crippen LogP contribution in [0.25, 0.3) is 0 Å². The molecule has 0 atom stereocenters. The number of hydrogen-bond donors (Lipinski definition) is 8. The second kappa shape index (κ2) is 20.6. The van der Waals surface area contributed by atoms with Gasteiger partial charge in [0.1, 0.15) is 65.3 Å². The predicted molar refractivity (Wildman–Crippen MR) is 180 cm³/mol. The molecule has 0 aromatic heterocycles. The monoisotopic (exact) mass is 872 g/mol. The number of carboxylic acids is 4. The van der Waals surface area contributed by atoms with Crippen LogP contribution in [0.2, 0.25) is 40.2 Å². The normalized spacial score (nSPS) is 9.63. The van der Waals surface area contributed by atoms with E-state index in [1.165, 1.54) is 48.5 Å². The third-order valence-corrected chi connectivity index (χ3v) is 8.38. The minimum absolute atomic E-state index is 0. The summed E-state index contributed by atoms with van der Waals surface area (Å²) in [5, 5.41) is 70.6. The Bertz CT molecular complexity index is 1620. The predicted octanol–water partition coefficient (Wildman–Crippen LogP) is 9.59. The molecule has 0 spiro atoms. The molecule has 0 saturated carbocycles. The maximum Gasteiger partial charge on any atom is 0.339 e. The quantitative estimate of drug-likeness (QED) is 0.0896. The molecule has 4 aromatic carbocycles. The average molecular weight is 876 g/mol. The van der Waals surface area contributed by atoms with Crippen LogP contribution in [0, 0.1) is 0 Å². The molecule has 0 aliphatic heterocycles. The molecule has 4 rings (SSSR count). The third-order valence-electron chi connectivity index (χ3n) is 5.20. The number of aromatic hydroxyl groups is 4. The van der Waals surface area contributed by atoms with Gasteiger partial charge in [0.25, 0.3) is 0 Å². The van der Waals surface area contributed by atoms with E-state index < -0.39 is 46.9 Å². The summed E-state index contributed by atoms with van der Waals surface area (Å²) in [4.78, 5) is 41.7. The molecule has 12 nitrogen and oxygen atoms in total. The van der Waals surface area contributed by atoms with Crippen molar-refractivity contribution in [1.82, 2.24) is 0 Å². The van der Waals surface area contributed by atoms with Crippen LogP contribution >= 0.6 is 92.8 Å². The minimum Gasteiger partial charge on any atom is -0.505 e. The van der Waals surface area contributed by atoms with E-state index in [4.69, 9.17) is 134 Å². The van der Waals surface area contributed by atoms with E-state index in [1.807, 2.05) is 0 Å². The van der Waals surface area contributed by atoms with Crippen LogP contribution in [0.5, 0.6) is 23.0 Å². The number of rotatable bonds is 4. The van der Waals surface area contributed by atoms with Gasteiger partial charge in [0.2, 0.25) is 0 Å². The van der Waals surface area contributed by atoms with Gasteiger partial charge in [-0.25, -0.2) is 19.2 Å². The summed E-state index contributed by atoms with van der Waals surface area (Å²) in [5.74, 6) is -6.99. The fourth-order valence-electron chi connectivity index (χ4n) is 2.85. The van der Waals surface area contributed by atoms with Crippen molar-refractivity contribution >= 4 is 117 Å². The van der Waals surface area contributed by atoms with Crippen molar-refractivity contribution in [3.8, 4) is 23.0 Å². The smallest absolute Gasteiger partial charge is 0.339 e. The van der Waals surface area contributed by atoms with Crippen LogP contribution < -0.4 is 0 Å². The van der Waals surface area contributed by atoms with Gasteiger partial charge < -0.3 is 40.9 Å². The second-order valence-electron chi connectivity index (χ2n) is 8.25. The molecule has 0 fully saturated rings. The molecule has 0 unspecified atom stereocenters. The van der Waals surface area contributed by atoms with Crippen molar-refractivity contribution in [2.45, 2.75) is 0 Å². The number of halogens is 8. The first-order chi connectivity index (χ1) is 22.1. The Morgan fingerprint density at radius 3 is 0.612 bits per heavy atom. The van der Waals surface area contributed by atoms with Gasteiger partial charge in [-0.05, 0) is 48.5 Å².